The first-order chi connectivity index (χ1) is 9.76. The van der Waals surface area contributed by atoms with E-state index in [4.69, 9.17) is 4.74 Å². The second-order valence-corrected chi connectivity index (χ2v) is 5.69. The molecule has 2 aliphatic rings. The van der Waals surface area contributed by atoms with Crippen LogP contribution in [0.5, 0.6) is 0 Å². The Bertz CT molecular complexity index is 353. The number of amides is 1. The van der Waals surface area contributed by atoms with Crippen LogP contribution < -0.4 is 0 Å². The Balaban J connectivity index is 1.85. The monoisotopic (exact) mass is 279 g/mol. The van der Waals surface area contributed by atoms with Gasteiger partial charge in [-0.2, -0.15) is 5.26 Å². The van der Waals surface area contributed by atoms with Gasteiger partial charge in [-0.1, -0.05) is 19.3 Å². The van der Waals surface area contributed by atoms with Gasteiger partial charge in [0.1, 0.15) is 6.04 Å². The molecule has 1 amide bonds. The zero-order valence-electron chi connectivity index (χ0n) is 12.4. The predicted molar refractivity (Wildman–Crippen MR) is 76.1 cm³/mol. The summed E-state index contributed by atoms with van der Waals surface area (Å²) < 4.78 is 5.02. The Morgan fingerprint density at radius 1 is 1.25 bits per heavy atom. The topological polar surface area (TPSA) is 56.6 Å². The van der Waals surface area contributed by atoms with Gasteiger partial charge in [0.05, 0.1) is 12.7 Å². The van der Waals surface area contributed by atoms with Crippen molar-refractivity contribution in [3.05, 3.63) is 0 Å². The number of carbonyl (C=O) groups is 1. The van der Waals surface area contributed by atoms with Crippen LogP contribution in [0.25, 0.3) is 0 Å². The van der Waals surface area contributed by atoms with E-state index in [1.807, 2.05) is 6.92 Å². The van der Waals surface area contributed by atoms with Crippen molar-refractivity contribution in [3.63, 3.8) is 0 Å². The number of rotatable bonds is 3. The first-order valence-corrected chi connectivity index (χ1v) is 7.81. The van der Waals surface area contributed by atoms with Gasteiger partial charge >= 0.3 is 6.09 Å². The first-order valence-electron chi connectivity index (χ1n) is 7.81. The molecule has 1 saturated carbocycles. The number of nitriles is 1. The standard InChI is InChI=1S/C15H25N3O2/c1-2-20-15(19)18-10-8-17(9-11-18)14(12-16)13-6-4-3-5-7-13/h13-14H,2-11H2,1H3. The van der Waals surface area contributed by atoms with Crippen molar-refractivity contribution in [1.82, 2.24) is 9.80 Å². The molecule has 1 unspecified atom stereocenters. The van der Waals surface area contributed by atoms with Crippen LogP contribution in [-0.2, 0) is 4.74 Å². The lowest BCUT2D eigenvalue weighted by Gasteiger charge is -2.39. The largest absolute Gasteiger partial charge is 0.450 e. The van der Waals surface area contributed by atoms with Crippen molar-refractivity contribution in [1.29, 1.82) is 5.26 Å². The highest BCUT2D eigenvalue weighted by molar-refractivity contribution is 5.67. The van der Waals surface area contributed by atoms with Gasteiger partial charge in [0.25, 0.3) is 0 Å². The smallest absolute Gasteiger partial charge is 0.409 e. The van der Waals surface area contributed by atoms with Gasteiger partial charge in [0.2, 0.25) is 0 Å². The lowest BCUT2D eigenvalue weighted by molar-refractivity contribution is 0.0605. The molecule has 112 valence electrons. The summed E-state index contributed by atoms with van der Waals surface area (Å²) in [6, 6.07) is 2.53. The predicted octanol–water partition coefficient (Wildman–Crippen LogP) is 2.23. The van der Waals surface area contributed by atoms with Gasteiger partial charge < -0.3 is 9.64 Å². The van der Waals surface area contributed by atoms with Crippen molar-refractivity contribution in [2.75, 3.05) is 32.8 Å². The molecule has 1 atom stereocenters. The van der Waals surface area contributed by atoms with Crippen molar-refractivity contribution in [2.45, 2.75) is 45.1 Å². The lowest BCUT2D eigenvalue weighted by Crippen LogP contribution is -2.53. The second kappa shape index (κ2) is 7.49. The Hall–Kier alpha value is -1.28. The van der Waals surface area contributed by atoms with Crippen LogP contribution in [0.2, 0.25) is 0 Å². The molecule has 1 heterocycles. The molecule has 20 heavy (non-hydrogen) atoms. The van der Waals surface area contributed by atoms with E-state index in [1.165, 1.54) is 32.1 Å². The fourth-order valence-corrected chi connectivity index (χ4v) is 3.33. The minimum atomic E-state index is -0.224. The molecule has 2 rings (SSSR count). The molecule has 0 aromatic rings. The fourth-order valence-electron chi connectivity index (χ4n) is 3.33. The lowest BCUT2D eigenvalue weighted by atomic mass is 9.83. The SMILES string of the molecule is CCOC(=O)N1CCN(C(C#N)C2CCCCC2)CC1. The molecule has 5 heteroatoms. The summed E-state index contributed by atoms with van der Waals surface area (Å²) in [5.74, 6) is 0.517. The molecule has 1 aliphatic carbocycles. The third-order valence-electron chi connectivity index (χ3n) is 4.46. The van der Waals surface area contributed by atoms with Gasteiger partial charge in [0.15, 0.2) is 0 Å². The molecular weight excluding hydrogens is 254 g/mol. The zero-order valence-corrected chi connectivity index (χ0v) is 12.4. The molecule has 0 N–H and O–H groups in total. The number of nitrogens with zero attached hydrogens (tertiary/aromatic N) is 3. The van der Waals surface area contributed by atoms with E-state index < -0.39 is 0 Å². The molecule has 0 aromatic heterocycles. The molecule has 2 fully saturated rings. The third-order valence-corrected chi connectivity index (χ3v) is 4.46. The number of hydrogen-bond donors (Lipinski definition) is 0. The molecular formula is C15H25N3O2. The van der Waals surface area contributed by atoms with E-state index in [2.05, 4.69) is 11.0 Å². The Morgan fingerprint density at radius 2 is 1.90 bits per heavy atom. The maximum Gasteiger partial charge on any atom is 0.409 e. The van der Waals surface area contributed by atoms with Crippen LogP contribution in [0, 0.1) is 17.2 Å². The molecule has 1 saturated heterocycles. The van der Waals surface area contributed by atoms with E-state index in [0.29, 0.717) is 25.6 Å². The molecule has 5 nitrogen and oxygen atoms in total. The maximum atomic E-state index is 11.7. The van der Waals surface area contributed by atoms with Crippen LogP contribution >= 0.6 is 0 Å². The molecule has 0 bridgehead atoms. The van der Waals surface area contributed by atoms with Crippen LogP contribution in [0.4, 0.5) is 4.79 Å². The highest BCUT2D eigenvalue weighted by Gasteiger charge is 2.32. The average Bonchev–Trinajstić information content (AvgIpc) is 2.50. The first kappa shape index (κ1) is 15.1. The summed E-state index contributed by atoms with van der Waals surface area (Å²) in [5.41, 5.74) is 0. The second-order valence-electron chi connectivity index (χ2n) is 5.69. The third kappa shape index (κ3) is 3.63. The normalized spacial score (nSPS) is 23.1. The minimum Gasteiger partial charge on any atom is -0.450 e. The van der Waals surface area contributed by atoms with Crippen molar-refractivity contribution in [3.8, 4) is 6.07 Å². The van der Waals surface area contributed by atoms with Gasteiger partial charge in [-0.15, -0.1) is 0 Å². The van der Waals surface area contributed by atoms with Crippen LogP contribution in [0.15, 0.2) is 0 Å². The van der Waals surface area contributed by atoms with Crippen LogP contribution in [0.1, 0.15) is 39.0 Å². The molecule has 0 aromatic carbocycles. The quantitative estimate of drug-likeness (QED) is 0.795. The average molecular weight is 279 g/mol. The number of ether oxygens (including phenoxy) is 1. The number of piperazine rings is 1. The van der Waals surface area contributed by atoms with Crippen molar-refractivity contribution in [2.24, 2.45) is 5.92 Å². The van der Waals surface area contributed by atoms with Gasteiger partial charge in [0, 0.05) is 26.2 Å². The molecule has 1 aliphatic heterocycles. The Labute approximate surface area is 121 Å². The summed E-state index contributed by atoms with van der Waals surface area (Å²) in [4.78, 5) is 15.7. The minimum absolute atomic E-state index is 0.0274. The maximum absolute atomic E-state index is 11.7. The summed E-state index contributed by atoms with van der Waals surface area (Å²) in [7, 11) is 0. The van der Waals surface area contributed by atoms with Gasteiger partial charge in [-0.05, 0) is 25.7 Å². The van der Waals surface area contributed by atoms with E-state index in [0.717, 1.165) is 13.1 Å². The fraction of sp³-hybridized carbons (Fsp3) is 0.867. The summed E-state index contributed by atoms with van der Waals surface area (Å²) >= 11 is 0. The zero-order chi connectivity index (χ0) is 14.4. The Morgan fingerprint density at radius 3 is 2.45 bits per heavy atom. The van der Waals surface area contributed by atoms with E-state index >= 15 is 0 Å². The van der Waals surface area contributed by atoms with Crippen LogP contribution in [0.3, 0.4) is 0 Å². The van der Waals surface area contributed by atoms with Gasteiger partial charge in [-0.25, -0.2) is 4.79 Å². The highest BCUT2D eigenvalue weighted by atomic mass is 16.6. The van der Waals surface area contributed by atoms with Crippen molar-refractivity contribution < 1.29 is 9.53 Å². The Kier molecular flexibility index (Phi) is 5.66. The molecule has 0 radical (unpaired) electrons. The summed E-state index contributed by atoms with van der Waals surface area (Å²) in [6.45, 7) is 5.15. The van der Waals surface area contributed by atoms with E-state index in [-0.39, 0.29) is 12.1 Å². The highest BCUT2D eigenvalue weighted by Crippen LogP contribution is 2.29. The summed E-state index contributed by atoms with van der Waals surface area (Å²) in [5, 5.41) is 9.49. The van der Waals surface area contributed by atoms with E-state index in [9.17, 15) is 10.1 Å². The van der Waals surface area contributed by atoms with Crippen LogP contribution in [-0.4, -0.2) is 54.7 Å². The molecule has 0 spiro atoms. The van der Waals surface area contributed by atoms with Crippen molar-refractivity contribution >= 4 is 6.09 Å². The summed E-state index contributed by atoms with van der Waals surface area (Å²) in [6.07, 6.45) is 5.95. The number of carbonyl (C=O) groups excluding carboxylic acids is 1. The number of hydrogen-bond acceptors (Lipinski definition) is 4. The van der Waals surface area contributed by atoms with E-state index in [1.54, 1.807) is 4.90 Å². The van der Waals surface area contributed by atoms with Gasteiger partial charge in [-0.3, -0.25) is 4.90 Å².